The molecule has 2 aromatic rings. The summed E-state index contributed by atoms with van der Waals surface area (Å²) in [6.07, 6.45) is 0.508. The Bertz CT molecular complexity index is 748. The molecule has 5 heteroatoms. The van der Waals surface area contributed by atoms with E-state index in [1.165, 1.54) is 4.90 Å². The van der Waals surface area contributed by atoms with Gasteiger partial charge in [0.15, 0.2) is 0 Å². The van der Waals surface area contributed by atoms with Gasteiger partial charge in [0.05, 0.1) is 6.54 Å². The van der Waals surface area contributed by atoms with E-state index >= 15 is 0 Å². The summed E-state index contributed by atoms with van der Waals surface area (Å²) in [5.41, 5.74) is 0.742. The highest BCUT2D eigenvalue weighted by atomic mass is 79.9. The number of halogens is 1. The van der Waals surface area contributed by atoms with Gasteiger partial charge in [-0.3, -0.25) is 9.69 Å². The van der Waals surface area contributed by atoms with Gasteiger partial charge in [-0.1, -0.05) is 71.4 Å². The van der Waals surface area contributed by atoms with Crippen LogP contribution in [0.2, 0.25) is 0 Å². The summed E-state index contributed by atoms with van der Waals surface area (Å²) in [6.45, 7) is 2.16. The maximum atomic E-state index is 13.0. The van der Waals surface area contributed by atoms with Crippen molar-refractivity contribution < 1.29 is 9.59 Å². The Balaban J connectivity index is 1.95. The van der Waals surface area contributed by atoms with Crippen molar-refractivity contribution in [3.8, 4) is 0 Å². The smallest absolute Gasteiger partial charge is 0.319 e. The van der Waals surface area contributed by atoms with Crippen molar-refractivity contribution in [2.24, 2.45) is 0 Å². The molecule has 1 N–H and O–H groups in total. The van der Waals surface area contributed by atoms with E-state index in [0.29, 0.717) is 6.42 Å². The van der Waals surface area contributed by atoms with Crippen molar-refractivity contribution in [3.05, 3.63) is 70.2 Å². The van der Waals surface area contributed by atoms with E-state index < -0.39 is 5.54 Å². The molecule has 4 nitrogen and oxygen atoms in total. The monoisotopic (exact) mass is 372 g/mol. The van der Waals surface area contributed by atoms with Crippen LogP contribution in [0.15, 0.2) is 59.1 Å². The minimum atomic E-state index is -0.973. The van der Waals surface area contributed by atoms with Gasteiger partial charge in [0.25, 0.3) is 5.91 Å². The third-order valence-electron chi connectivity index (χ3n) is 4.26. The number of nitrogens with zero attached hydrogens (tertiary/aromatic N) is 1. The van der Waals surface area contributed by atoms with Gasteiger partial charge in [-0.05, 0) is 23.6 Å². The van der Waals surface area contributed by atoms with E-state index in [9.17, 15) is 9.59 Å². The van der Waals surface area contributed by atoms with E-state index in [-0.39, 0.29) is 18.5 Å². The van der Waals surface area contributed by atoms with Gasteiger partial charge in [-0.2, -0.15) is 0 Å². The molecule has 1 saturated heterocycles. The number of carbonyl (C=O) groups is 2. The second-order valence-electron chi connectivity index (χ2n) is 5.54. The predicted molar refractivity (Wildman–Crippen MR) is 91.6 cm³/mol. The molecular formula is C18H17BrN2O2. The first-order chi connectivity index (χ1) is 11.1. The van der Waals surface area contributed by atoms with Crippen LogP contribution in [-0.4, -0.2) is 16.8 Å². The molecule has 0 bridgehead atoms. The molecule has 3 amide bonds. The summed E-state index contributed by atoms with van der Waals surface area (Å²) in [6, 6.07) is 16.7. The molecular weight excluding hydrogens is 356 g/mol. The van der Waals surface area contributed by atoms with E-state index in [2.05, 4.69) is 21.2 Å². The number of amides is 3. The lowest BCUT2D eigenvalue weighted by Crippen LogP contribution is -2.43. The number of rotatable bonds is 4. The number of hydrogen-bond acceptors (Lipinski definition) is 2. The summed E-state index contributed by atoms with van der Waals surface area (Å²) in [5, 5.41) is 2.90. The van der Waals surface area contributed by atoms with E-state index in [4.69, 9.17) is 0 Å². The maximum absolute atomic E-state index is 13.0. The molecule has 1 aliphatic rings. The lowest BCUT2D eigenvalue weighted by molar-refractivity contribution is -0.132. The summed E-state index contributed by atoms with van der Waals surface area (Å²) in [7, 11) is 0. The first-order valence-corrected chi connectivity index (χ1v) is 8.31. The fraction of sp³-hybridized carbons (Fsp3) is 0.222. The van der Waals surface area contributed by atoms with Gasteiger partial charge in [0, 0.05) is 4.47 Å². The second kappa shape index (κ2) is 6.16. The fourth-order valence-electron chi connectivity index (χ4n) is 2.93. The van der Waals surface area contributed by atoms with Crippen molar-refractivity contribution in [3.63, 3.8) is 0 Å². The van der Waals surface area contributed by atoms with Crippen molar-refractivity contribution in [1.29, 1.82) is 0 Å². The van der Waals surface area contributed by atoms with Crippen LogP contribution in [0.1, 0.15) is 24.5 Å². The van der Waals surface area contributed by atoms with Crippen molar-refractivity contribution in [2.75, 3.05) is 0 Å². The third-order valence-corrected chi connectivity index (χ3v) is 5.03. The Labute approximate surface area is 143 Å². The number of nitrogens with one attached hydrogen (secondary N) is 1. The number of hydrogen-bond donors (Lipinski definition) is 1. The van der Waals surface area contributed by atoms with E-state index in [1.807, 2.05) is 61.5 Å². The van der Waals surface area contributed by atoms with Crippen molar-refractivity contribution >= 4 is 27.9 Å². The van der Waals surface area contributed by atoms with Gasteiger partial charge in [-0.15, -0.1) is 0 Å². The lowest BCUT2D eigenvalue weighted by atomic mass is 9.87. The predicted octanol–water partition coefficient (Wildman–Crippen LogP) is 3.81. The first kappa shape index (κ1) is 15.7. The summed E-state index contributed by atoms with van der Waals surface area (Å²) in [5.74, 6) is -0.202. The first-order valence-electron chi connectivity index (χ1n) is 7.51. The SMILES string of the molecule is CC[C@@]1(c2ccccc2)NC(=O)N(Cc2ccccc2Br)C1=O. The van der Waals surface area contributed by atoms with Gasteiger partial charge in [-0.25, -0.2) is 4.79 Å². The Morgan fingerprint density at radius 3 is 2.35 bits per heavy atom. The third kappa shape index (κ3) is 2.65. The maximum Gasteiger partial charge on any atom is 0.325 e. The standard InChI is InChI=1S/C18H17BrN2O2/c1-2-18(14-9-4-3-5-10-14)16(22)21(17(23)20-18)12-13-8-6-7-11-15(13)19/h3-11H,2,12H2,1H3,(H,20,23)/t18-/m0/s1. The van der Waals surface area contributed by atoms with Crippen LogP contribution in [0.4, 0.5) is 4.79 Å². The van der Waals surface area contributed by atoms with Gasteiger partial charge < -0.3 is 5.32 Å². The Morgan fingerprint density at radius 1 is 1.04 bits per heavy atom. The minimum absolute atomic E-state index is 0.202. The minimum Gasteiger partial charge on any atom is -0.319 e. The van der Waals surface area contributed by atoms with Crippen LogP contribution in [-0.2, 0) is 16.9 Å². The second-order valence-corrected chi connectivity index (χ2v) is 6.39. The topological polar surface area (TPSA) is 49.4 Å². The molecule has 23 heavy (non-hydrogen) atoms. The summed E-state index contributed by atoms with van der Waals surface area (Å²) in [4.78, 5) is 26.7. The molecule has 2 aromatic carbocycles. The Morgan fingerprint density at radius 2 is 1.70 bits per heavy atom. The fourth-order valence-corrected chi connectivity index (χ4v) is 3.34. The molecule has 0 saturated carbocycles. The van der Waals surface area contributed by atoms with Gasteiger partial charge in [0.1, 0.15) is 5.54 Å². The average Bonchev–Trinajstić information content (AvgIpc) is 2.82. The van der Waals surface area contributed by atoms with Crippen LogP contribution in [0.5, 0.6) is 0 Å². The largest absolute Gasteiger partial charge is 0.325 e. The molecule has 0 radical (unpaired) electrons. The zero-order valence-corrected chi connectivity index (χ0v) is 14.3. The highest BCUT2D eigenvalue weighted by molar-refractivity contribution is 9.10. The molecule has 1 atom stereocenters. The molecule has 0 unspecified atom stereocenters. The Hall–Kier alpha value is -2.14. The molecule has 3 rings (SSSR count). The number of urea groups is 1. The molecule has 0 aliphatic carbocycles. The summed E-state index contributed by atoms with van der Waals surface area (Å²) < 4.78 is 0.884. The van der Waals surface area contributed by atoms with Crippen LogP contribution in [0, 0.1) is 0 Å². The van der Waals surface area contributed by atoms with Crippen molar-refractivity contribution in [1.82, 2.24) is 10.2 Å². The van der Waals surface area contributed by atoms with Crippen LogP contribution in [0.25, 0.3) is 0 Å². The van der Waals surface area contributed by atoms with E-state index in [1.54, 1.807) is 0 Å². The zero-order chi connectivity index (χ0) is 16.4. The number of carbonyl (C=O) groups excluding carboxylic acids is 2. The molecule has 1 aliphatic heterocycles. The normalized spacial score (nSPS) is 20.7. The molecule has 118 valence electrons. The summed E-state index contributed by atoms with van der Waals surface area (Å²) >= 11 is 3.46. The highest BCUT2D eigenvalue weighted by Crippen LogP contribution is 2.33. The van der Waals surface area contributed by atoms with Crippen molar-refractivity contribution in [2.45, 2.75) is 25.4 Å². The van der Waals surface area contributed by atoms with E-state index in [0.717, 1.165) is 15.6 Å². The van der Waals surface area contributed by atoms with Crippen LogP contribution >= 0.6 is 15.9 Å². The number of imide groups is 1. The van der Waals surface area contributed by atoms with Crippen LogP contribution in [0.3, 0.4) is 0 Å². The van der Waals surface area contributed by atoms with Gasteiger partial charge >= 0.3 is 6.03 Å². The lowest BCUT2D eigenvalue weighted by Gasteiger charge is -2.25. The zero-order valence-electron chi connectivity index (χ0n) is 12.8. The quantitative estimate of drug-likeness (QED) is 0.829. The highest BCUT2D eigenvalue weighted by Gasteiger charge is 2.51. The molecule has 1 heterocycles. The molecule has 0 aromatic heterocycles. The van der Waals surface area contributed by atoms with Crippen LogP contribution < -0.4 is 5.32 Å². The average molecular weight is 373 g/mol. The number of benzene rings is 2. The molecule has 0 spiro atoms. The van der Waals surface area contributed by atoms with Gasteiger partial charge in [0.2, 0.25) is 0 Å². The molecule has 1 fully saturated rings. The Kier molecular flexibility index (Phi) is 4.22.